The lowest BCUT2D eigenvalue weighted by Crippen LogP contribution is -1.99. The van der Waals surface area contributed by atoms with Crippen LogP contribution in [-0.2, 0) is 0 Å². The number of carboxylic acid groups (broad SMARTS) is 6. The zero-order valence-corrected chi connectivity index (χ0v) is 19.5. The molecule has 12 N–H and O–H groups in total. The fourth-order valence-corrected chi connectivity index (χ4v) is 2.27. The van der Waals surface area contributed by atoms with E-state index in [-0.39, 0.29) is 45.7 Å². The molecule has 0 aliphatic rings. The third-order valence-electron chi connectivity index (χ3n) is 4.14. The van der Waals surface area contributed by atoms with Gasteiger partial charge < -0.3 is 42.9 Å². The van der Waals surface area contributed by atoms with Crippen molar-refractivity contribution < 1.29 is 59.4 Å². The highest BCUT2D eigenvalue weighted by molar-refractivity contribution is 5.93. The average Bonchev–Trinajstić information content (AvgIpc) is 2.84. The second-order valence-electron chi connectivity index (χ2n) is 6.56. The highest BCUT2D eigenvalue weighted by Gasteiger charge is 2.06. The molecular weight excluding hydrogens is 508 g/mol. The van der Waals surface area contributed by atoms with Gasteiger partial charge in [0.25, 0.3) is 0 Å². The van der Waals surface area contributed by atoms with Crippen LogP contribution in [0.15, 0.2) is 72.8 Å². The predicted molar refractivity (Wildman–Crippen MR) is 131 cm³/mol. The van der Waals surface area contributed by atoms with Crippen LogP contribution < -0.4 is 12.3 Å². The third kappa shape index (κ3) is 11.2. The Balaban J connectivity index is 0. The number of rotatable bonds is 6. The second-order valence-corrected chi connectivity index (χ2v) is 6.56. The van der Waals surface area contributed by atoms with Crippen LogP contribution in [0.1, 0.15) is 62.1 Å². The third-order valence-corrected chi connectivity index (χ3v) is 4.14. The number of hydrogen-bond donors (Lipinski definition) is 8. The first-order chi connectivity index (χ1) is 16.8. The lowest BCUT2D eigenvalue weighted by Gasteiger charge is -1.94. The van der Waals surface area contributed by atoms with Gasteiger partial charge in [0.1, 0.15) is 0 Å². The van der Waals surface area contributed by atoms with E-state index in [2.05, 4.69) is 0 Å². The van der Waals surface area contributed by atoms with Gasteiger partial charge in [-0.25, -0.2) is 28.8 Å². The molecule has 0 saturated heterocycles. The molecule has 0 atom stereocenters. The van der Waals surface area contributed by atoms with E-state index in [1.165, 1.54) is 72.8 Å². The number of benzene rings is 3. The second kappa shape index (κ2) is 16.1. The topological polar surface area (TPSA) is 294 Å². The molecule has 3 rings (SSSR count). The van der Waals surface area contributed by atoms with E-state index < -0.39 is 35.8 Å². The minimum atomic E-state index is -1.06. The fraction of sp³-hybridized carbons (Fsp3) is 0. The van der Waals surface area contributed by atoms with E-state index in [4.69, 9.17) is 30.6 Å². The zero-order valence-electron chi connectivity index (χ0n) is 19.5. The van der Waals surface area contributed by atoms with Gasteiger partial charge in [0, 0.05) is 0 Å². The van der Waals surface area contributed by atoms with E-state index in [1.807, 2.05) is 0 Å². The molecule has 202 valence electrons. The summed E-state index contributed by atoms with van der Waals surface area (Å²) >= 11 is 0. The molecule has 0 aliphatic carbocycles. The smallest absolute Gasteiger partial charge is 0.335 e. The molecule has 0 aliphatic heterocycles. The Labute approximate surface area is 214 Å². The predicted octanol–water partition coefficient (Wildman–Crippen LogP) is 3.57. The van der Waals surface area contributed by atoms with E-state index in [9.17, 15) is 28.8 Å². The van der Waals surface area contributed by atoms with Gasteiger partial charge in [-0.3, -0.25) is 0 Å². The van der Waals surface area contributed by atoms with Crippen LogP contribution in [0.3, 0.4) is 0 Å². The lowest BCUT2D eigenvalue weighted by molar-refractivity contribution is 0.0681. The summed E-state index contributed by atoms with van der Waals surface area (Å²) in [5, 5.41) is 50.8. The first kappa shape index (κ1) is 34.6. The van der Waals surface area contributed by atoms with Crippen molar-refractivity contribution in [2.45, 2.75) is 0 Å². The summed E-state index contributed by atoms with van der Waals surface area (Å²) in [4.78, 5) is 62.0. The molecule has 0 radical (unpaired) electrons. The Bertz CT molecular complexity index is 1010. The number of carboxylic acids is 6. The number of carbonyl (C=O) groups is 6. The monoisotopic (exact) mass is 532 g/mol. The molecule has 3 aromatic carbocycles. The van der Waals surface area contributed by atoms with Crippen molar-refractivity contribution in [2.24, 2.45) is 0 Å². The summed E-state index contributed by atoms with van der Waals surface area (Å²) in [5.74, 6) is -6.38. The van der Waals surface area contributed by atoms with Gasteiger partial charge in [-0.05, 0) is 72.8 Å². The summed E-state index contributed by atoms with van der Waals surface area (Å²) in [5.41, 5.74) is 0.500. The molecule has 0 saturated carbocycles. The van der Waals surface area contributed by atoms with Crippen LogP contribution in [0.2, 0.25) is 0 Å². The summed E-state index contributed by atoms with van der Waals surface area (Å²) in [6.07, 6.45) is 0. The maximum atomic E-state index is 10.3. The molecule has 0 bridgehead atoms. The van der Waals surface area contributed by atoms with Crippen molar-refractivity contribution in [1.29, 1.82) is 0 Å². The summed E-state index contributed by atoms with van der Waals surface area (Å²) in [6, 6.07) is 15.1. The van der Waals surface area contributed by atoms with Gasteiger partial charge in [-0.2, -0.15) is 0 Å². The molecule has 14 nitrogen and oxygen atoms in total. The Morgan fingerprint density at radius 2 is 0.368 bits per heavy atom. The molecule has 0 unspecified atom stereocenters. The molecule has 38 heavy (non-hydrogen) atoms. The quantitative estimate of drug-likeness (QED) is 0.225. The van der Waals surface area contributed by atoms with Crippen molar-refractivity contribution in [1.82, 2.24) is 12.3 Å². The van der Waals surface area contributed by atoms with Crippen molar-refractivity contribution in [2.75, 3.05) is 0 Å². The van der Waals surface area contributed by atoms with Crippen LogP contribution in [0, 0.1) is 0 Å². The highest BCUT2D eigenvalue weighted by Crippen LogP contribution is 2.05. The molecule has 0 amide bonds. The van der Waals surface area contributed by atoms with Crippen LogP contribution in [0.5, 0.6) is 0 Å². The van der Waals surface area contributed by atoms with Crippen molar-refractivity contribution in [3.63, 3.8) is 0 Å². The molecular formula is C24H24N2O12. The van der Waals surface area contributed by atoms with Crippen LogP contribution in [0.4, 0.5) is 0 Å². The lowest BCUT2D eigenvalue weighted by atomic mass is 10.1. The maximum Gasteiger partial charge on any atom is 0.335 e. The first-order valence-corrected chi connectivity index (χ1v) is 9.53. The van der Waals surface area contributed by atoms with Gasteiger partial charge in [0.2, 0.25) is 0 Å². The van der Waals surface area contributed by atoms with E-state index in [0.717, 1.165) is 0 Å². The standard InChI is InChI=1S/3C8H6O4.2H3N/c3*9-7(10)5-1-2-6(4-3-5)8(11)12;;/h3*1-4H,(H,9,10)(H,11,12);2*1H3. The molecule has 3 aromatic rings. The molecule has 0 aromatic heterocycles. The Kier molecular flexibility index (Phi) is 14.7. The van der Waals surface area contributed by atoms with Crippen LogP contribution in [-0.4, -0.2) is 66.5 Å². The SMILES string of the molecule is N.N.O=C(O)c1ccc(C(=O)O)cc1.O=C(O)c1ccc(C(=O)O)cc1.O=C(O)c1ccc(C(=O)O)cc1. The minimum Gasteiger partial charge on any atom is -0.478 e. The summed E-state index contributed by atoms with van der Waals surface area (Å²) in [7, 11) is 0. The van der Waals surface area contributed by atoms with E-state index in [1.54, 1.807) is 0 Å². The normalized spacial score (nSPS) is 8.84. The largest absolute Gasteiger partial charge is 0.478 e. The number of aromatic carboxylic acids is 6. The van der Waals surface area contributed by atoms with Crippen molar-refractivity contribution in [3.05, 3.63) is 106 Å². The van der Waals surface area contributed by atoms with Gasteiger partial charge in [-0.15, -0.1) is 0 Å². The summed E-state index contributed by atoms with van der Waals surface area (Å²) in [6.45, 7) is 0. The molecule has 14 heteroatoms. The fourth-order valence-electron chi connectivity index (χ4n) is 2.27. The van der Waals surface area contributed by atoms with Crippen LogP contribution >= 0.6 is 0 Å². The van der Waals surface area contributed by atoms with Gasteiger partial charge in [0.15, 0.2) is 0 Å². The zero-order chi connectivity index (χ0) is 27.4. The van der Waals surface area contributed by atoms with E-state index in [0.29, 0.717) is 0 Å². The number of hydrogen-bond acceptors (Lipinski definition) is 8. The average molecular weight is 532 g/mol. The van der Waals surface area contributed by atoms with Crippen LogP contribution in [0.25, 0.3) is 0 Å². The minimum absolute atomic E-state index is 0. The van der Waals surface area contributed by atoms with Gasteiger partial charge in [0.05, 0.1) is 33.4 Å². The highest BCUT2D eigenvalue weighted by atomic mass is 16.4. The van der Waals surface area contributed by atoms with Gasteiger partial charge in [-0.1, -0.05) is 0 Å². The van der Waals surface area contributed by atoms with Crippen molar-refractivity contribution >= 4 is 35.8 Å². The first-order valence-electron chi connectivity index (χ1n) is 9.53. The van der Waals surface area contributed by atoms with Gasteiger partial charge >= 0.3 is 35.8 Å². The Hall–Kier alpha value is -5.60. The molecule has 0 spiro atoms. The van der Waals surface area contributed by atoms with Crippen molar-refractivity contribution in [3.8, 4) is 0 Å². The Morgan fingerprint density at radius 1 is 0.289 bits per heavy atom. The maximum absolute atomic E-state index is 10.3. The molecule has 0 heterocycles. The summed E-state index contributed by atoms with van der Waals surface area (Å²) < 4.78 is 0. The Morgan fingerprint density at radius 3 is 0.421 bits per heavy atom. The van der Waals surface area contributed by atoms with E-state index >= 15 is 0 Å². The molecule has 0 fully saturated rings.